The fourth-order valence-electron chi connectivity index (χ4n) is 2.66. The lowest BCUT2D eigenvalue weighted by Crippen LogP contribution is -2.40. The Morgan fingerprint density at radius 3 is 2.43 bits per heavy atom. The molecule has 1 aliphatic rings. The fraction of sp³-hybridized carbons (Fsp3) is 0.846. The second kappa shape index (κ2) is 4.97. The second-order valence-corrected chi connectivity index (χ2v) is 5.01. The zero-order valence-corrected chi connectivity index (χ0v) is 10.0. The van der Waals surface area contributed by atoms with Crippen LogP contribution in [-0.4, -0.2) is 13.1 Å². The van der Waals surface area contributed by atoms with Crippen molar-refractivity contribution in [1.82, 2.24) is 5.32 Å². The predicted molar refractivity (Wildman–Crippen MR) is 63.5 cm³/mol. The Morgan fingerprint density at radius 1 is 1.43 bits per heavy atom. The minimum Gasteiger partial charge on any atom is -0.316 e. The molecule has 1 aliphatic carbocycles. The number of hydrogen-bond acceptors (Lipinski definition) is 1. The monoisotopic (exact) mass is 195 g/mol. The normalized spacial score (nSPS) is 22.2. The number of nitrogens with one attached hydrogen (secondary N) is 1. The molecule has 0 heterocycles. The molecular formula is C13H25N. The maximum Gasteiger partial charge on any atom is 0.0155 e. The molecule has 0 saturated heterocycles. The van der Waals surface area contributed by atoms with E-state index in [1.54, 1.807) is 0 Å². The van der Waals surface area contributed by atoms with Crippen LogP contribution < -0.4 is 5.32 Å². The molecule has 0 spiro atoms. The van der Waals surface area contributed by atoms with Crippen LogP contribution in [0.4, 0.5) is 0 Å². The standard InChI is InChI=1S/C13H25N/c1-5-11(2)10-12(14-4)13(3)8-6-7-9-13/h12,14H,2,5-10H2,1,3-4H3. The van der Waals surface area contributed by atoms with Gasteiger partial charge in [0, 0.05) is 6.04 Å². The molecule has 1 saturated carbocycles. The lowest BCUT2D eigenvalue weighted by Gasteiger charge is -2.34. The van der Waals surface area contributed by atoms with Gasteiger partial charge in [0.25, 0.3) is 0 Å². The van der Waals surface area contributed by atoms with Gasteiger partial charge in [-0.3, -0.25) is 0 Å². The topological polar surface area (TPSA) is 12.0 Å². The van der Waals surface area contributed by atoms with E-state index >= 15 is 0 Å². The second-order valence-electron chi connectivity index (χ2n) is 5.01. The first-order valence-electron chi connectivity index (χ1n) is 5.96. The lowest BCUT2D eigenvalue weighted by atomic mass is 9.78. The van der Waals surface area contributed by atoms with Crippen LogP contribution in [0.15, 0.2) is 12.2 Å². The molecule has 1 fully saturated rings. The van der Waals surface area contributed by atoms with Gasteiger partial charge in [0.05, 0.1) is 0 Å². The van der Waals surface area contributed by atoms with Crippen LogP contribution in [0.3, 0.4) is 0 Å². The van der Waals surface area contributed by atoms with Crippen molar-refractivity contribution in [3.8, 4) is 0 Å². The van der Waals surface area contributed by atoms with Crippen LogP contribution in [0.2, 0.25) is 0 Å². The van der Waals surface area contributed by atoms with Crippen molar-refractivity contribution in [2.75, 3.05) is 7.05 Å². The van der Waals surface area contributed by atoms with E-state index in [-0.39, 0.29) is 0 Å². The molecule has 0 amide bonds. The maximum absolute atomic E-state index is 4.12. The Hall–Kier alpha value is -0.300. The third kappa shape index (κ3) is 2.60. The summed E-state index contributed by atoms with van der Waals surface area (Å²) in [5.41, 5.74) is 1.91. The van der Waals surface area contributed by atoms with Gasteiger partial charge < -0.3 is 5.32 Å². The van der Waals surface area contributed by atoms with Gasteiger partial charge in [-0.25, -0.2) is 0 Å². The minimum atomic E-state index is 0.521. The molecule has 14 heavy (non-hydrogen) atoms. The van der Waals surface area contributed by atoms with Crippen molar-refractivity contribution < 1.29 is 0 Å². The van der Waals surface area contributed by atoms with Crippen molar-refractivity contribution in [1.29, 1.82) is 0 Å². The van der Waals surface area contributed by atoms with Crippen LogP contribution >= 0.6 is 0 Å². The Morgan fingerprint density at radius 2 is 2.00 bits per heavy atom. The van der Waals surface area contributed by atoms with Crippen LogP contribution in [0.5, 0.6) is 0 Å². The molecule has 0 aliphatic heterocycles. The number of hydrogen-bond donors (Lipinski definition) is 1. The third-order valence-corrected chi connectivity index (χ3v) is 3.93. The third-order valence-electron chi connectivity index (χ3n) is 3.93. The van der Waals surface area contributed by atoms with E-state index in [0.29, 0.717) is 11.5 Å². The largest absolute Gasteiger partial charge is 0.316 e. The maximum atomic E-state index is 4.12. The van der Waals surface area contributed by atoms with E-state index in [2.05, 4.69) is 32.8 Å². The minimum absolute atomic E-state index is 0.521. The highest BCUT2D eigenvalue weighted by Crippen LogP contribution is 2.42. The van der Waals surface area contributed by atoms with Crippen LogP contribution in [0.25, 0.3) is 0 Å². The highest BCUT2D eigenvalue weighted by molar-refractivity contribution is 5.02. The smallest absolute Gasteiger partial charge is 0.0155 e. The first-order valence-corrected chi connectivity index (χ1v) is 5.96. The molecule has 0 bridgehead atoms. The van der Waals surface area contributed by atoms with Gasteiger partial charge in [-0.15, -0.1) is 0 Å². The summed E-state index contributed by atoms with van der Waals surface area (Å²) in [7, 11) is 2.09. The van der Waals surface area contributed by atoms with Gasteiger partial charge in [-0.05, 0) is 38.1 Å². The van der Waals surface area contributed by atoms with Gasteiger partial charge in [-0.2, -0.15) is 0 Å². The quantitative estimate of drug-likeness (QED) is 0.662. The van der Waals surface area contributed by atoms with E-state index in [1.165, 1.54) is 31.3 Å². The van der Waals surface area contributed by atoms with E-state index in [0.717, 1.165) is 12.8 Å². The molecule has 1 rings (SSSR count). The summed E-state index contributed by atoms with van der Waals surface area (Å²) < 4.78 is 0. The zero-order valence-electron chi connectivity index (χ0n) is 10.0. The summed E-state index contributed by atoms with van der Waals surface area (Å²) >= 11 is 0. The van der Waals surface area contributed by atoms with E-state index < -0.39 is 0 Å². The van der Waals surface area contributed by atoms with Crippen molar-refractivity contribution in [2.45, 2.75) is 58.4 Å². The van der Waals surface area contributed by atoms with E-state index in [1.807, 2.05) is 0 Å². The Kier molecular flexibility index (Phi) is 4.18. The Bertz CT molecular complexity index is 189. The number of rotatable bonds is 5. The zero-order chi connectivity index (χ0) is 10.6. The van der Waals surface area contributed by atoms with Crippen molar-refractivity contribution in [3.05, 3.63) is 12.2 Å². The van der Waals surface area contributed by atoms with Gasteiger partial charge in [0.2, 0.25) is 0 Å². The molecule has 0 aromatic rings. The van der Waals surface area contributed by atoms with Gasteiger partial charge in [0.1, 0.15) is 0 Å². The van der Waals surface area contributed by atoms with Crippen molar-refractivity contribution in [3.63, 3.8) is 0 Å². The summed E-state index contributed by atoms with van der Waals surface area (Å²) in [4.78, 5) is 0. The average Bonchev–Trinajstić information content (AvgIpc) is 2.62. The van der Waals surface area contributed by atoms with Crippen LogP contribution in [0.1, 0.15) is 52.4 Å². The van der Waals surface area contributed by atoms with E-state index in [4.69, 9.17) is 0 Å². The molecule has 0 aromatic heterocycles. The average molecular weight is 195 g/mol. The predicted octanol–water partition coefficient (Wildman–Crippen LogP) is 3.51. The Balaban J connectivity index is 2.56. The molecule has 1 nitrogen and oxygen atoms in total. The fourth-order valence-corrected chi connectivity index (χ4v) is 2.66. The van der Waals surface area contributed by atoms with Gasteiger partial charge in [-0.1, -0.05) is 38.8 Å². The summed E-state index contributed by atoms with van der Waals surface area (Å²) in [5, 5.41) is 3.49. The molecule has 1 atom stereocenters. The van der Waals surface area contributed by atoms with E-state index in [9.17, 15) is 0 Å². The first kappa shape index (κ1) is 11.8. The van der Waals surface area contributed by atoms with Gasteiger partial charge >= 0.3 is 0 Å². The molecular weight excluding hydrogens is 170 g/mol. The van der Waals surface area contributed by atoms with Gasteiger partial charge in [0.15, 0.2) is 0 Å². The van der Waals surface area contributed by atoms with Crippen LogP contribution in [-0.2, 0) is 0 Å². The molecule has 1 heteroatoms. The van der Waals surface area contributed by atoms with Crippen molar-refractivity contribution >= 4 is 0 Å². The summed E-state index contributed by atoms with van der Waals surface area (Å²) in [6, 6.07) is 0.637. The molecule has 0 radical (unpaired) electrons. The molecule has 0 aromatic carbocycles. The highest BCUT2D eigenvalue weighted by atomic mass is 14.9. The van der Waals surface area contributed by atoms with Crippen LogP contribution in [0, 0.1) is 5.41 Å². The summed E-state index contributed by atoms with van der Waals surface area (Å²) in [6.07, 6.45) is 7.86. The first-order chi connectivity index (χ1) is 6.62. The summed E-state index contributed by atoms with van der Waals surface area (Å²) in [6.45, 7) is 8.76. The Labute approximate surface area is 89.0 Å². The molecule has 1 N–H and O–H groups in total. The molecule has 82 valence electrons. The lowest BCUT2D eigenvalue weighted by molar-refractivity contribution is 0.228. The van der Waals surface area contributed by atoms with Crippen molar-refractivity contribution in [2.24, 2.45) is 5.41 Å². The summed E-state index contributed by atoms with van der Waals surface area (Å²) in [5.74, 6) is 0. The highest BCUT2D eigenvalue weighted by Gasteiger charge is 2.35. The SMILES string of the molecule is C=C(CC)CC(NC)C1(C)CCCC1. The molecule has 1 unspecified atom stereocenters.